The zero-order valence-corrected chi connectivity index (χ0v) is 20.5. The summed E-state index contributed by atoms with van der Waals surface area (Å²) in [6.07, 6.45) is 8.82. The summed E-state index contributed by atoms with van der Waals surface area (Å²) >= 11 is 0. The second-order valence-corrected chi connectivity index (χ2v) is 9.13. The Morgan fingerprint density at radius 2 is 2.00 bits per heavy atom. The summed E-state index contributed by atoms with van der Waals surface area (Å²) in [6, 6.07) is 11.6. The SMILES string of the molecule is CCCNC(=O)/C=C/c1cnc2c(C(O)CN3CCCCC3)c(C)n(-c3ccc(C#N)cc3)c2c1. The molecule has 1 fully saturated rings. The number of benzene rings is 1. The lowest BCUT2D eigenvalue weighted by molar-refractivity contribution is -0.116. The zero-order chi connectivity index (χ0) is 24.8. The van der Waals surface area contributed by atoms with Crippen molar-refractivity contribution in [3.63, 3.8) is 0 Å². The van der Waals surface area contributed by atoms with E-state index in [0.717, 1.165) is 53.1 Å². The van der Waals surface area contributed by atoms with Crippen LogP contribution >= 0.6 is 0 Å². The number of β-amino-alcohol motifs (C(OH)–C–C–N with tert-alkyl or cyclic N) is 1. The normalized spacial score (nSPS) is 15.4. The van der Waals surface area contributed by atoms with Crippen molar-refractivity contribution in [3.05, 3.63) is 65.0 Å². The number of likely N-dealkylation sites (tertiary alicyclic amines) is 1. The van der Waals surface area contributed by atoms with Gasteiger partial charge in [0.25, 0.3) is 0 Å². The van der Waals surface area contributed by atoms with Gasteiger partial charge >= 0.3 is 0 Å². The van der Waals surface area contributed by atoms with Crippen LogP contribution in [0, 0.1) is 18.3 Å². The van der Waals surface area contributed by atoms with Crippen LogP contribution in [0.4, 0.5) is 0 Å². The van der Waals surface area contributed by atoms with Gasteiger partial charge in [0.2, 0.25) is 5.91 Å². The number of hydrogen-bond acceptors (Lipinski definition) is 5. The van der Waals surface area contributed by atoms with E-state index < -0.39 is 6.10 Å². The number of fused-ring (bicyclic) bond motifs is 1. The van der Waals surface area contributed by atoms with Crippen molar-refractivity contribution in [2.75, 3.05) is 26.2 Å². The van der Waals surface area contributed by atoms with E-state index >= 15 is 0 Å². The van der Waals surface area contributed by atoms with Gasteiger partial charge in [0, 0.05) is 42.3 Å². The third-order valence-electron chi connectivity index (χ3n) is 6.55. The number of aliphatic hydroxyl groups is 1. The number of nitrogens with zero attached hydrogens (tertiary/aromatic N) is 4. The summed E-state index contributed by atoms with van der Waals surface area (Å²) in [5.41, 5.74) is 5.64. The molecule has 1 amide bonds. The van der Waals surface area contributed by atoms with Crippen molar-refractivity contribution in [1.82, 2.24) is 19.8 Å². The predicted molar refractivity (Wildman–Crippen MR) is 138 cm³/mol. The molecule has 1 aliphatic heterocycles. The second kappa shape index (κ2) is 11.3. The molecule has 0 spiro atoms. The van der Waals surface area contributed by atoms with Gasteiger partial charge in [-0.2, -0.15) is 5.26 Å². The fourth-order valence-corrected chi connectivity index (χ4v) is 4.78. The van der Waals surface area contributed by atoms with Crippen molar-refractivity contribution in [3.8, 4) is 11.8 Å². The molecule has 2 N–H and O–H groups in total. The van der Waals surface area contributed by atoms with Gasteiger partial charge in [0.05, 0.1) is 28.8 Å². The summed E-state index contributed by atoms with van der Waals surface area (Å²) in [6.45, 7) is 7.24. The molecule has 2 aromatic heterocycles. The molecule has 35 heavy (non-hydrogen) atoms. The lowest BCUT2D eigenvalue weighted by atomic mass is 10.1. The zero-order valence-electron chi connectivity index (χ0n) is 20.5. The predicted octanol–water partition coefficient (Wildman–Crippen LogP) is 4.26. The molecule has 182 valence electrons. The molecule has 0 aliphatic carbocycles. The van der Waals surface area contributed by atoms with Crippen LogP contribution in [0.3, 0.4) is 0 Å². The monoisotopic (exact) mass is 471 g/mol. The number of nitriles is 1. The Balaban J connectivity index is 1.76. The number of carbonyl (C=O) groups is 1. The summed E-state index contributed by atoms with van der Waals surface area (Å²) < 4.78 is 2.08. The van der Waals surface area contributed by atoms with Crippen molar-refractivity contribution in [2.45, 2.75) is 45.6 Å². The Morgan fingerprint density at radius 1 is 1.26 bits per heavy atom. The van der Waals surface area contributed by atoms with Crippen LogP contribution in [-0.4, -0.2) is 51.6 Å². The van der Waals surface area contributed by atoms with Crippen LogP contribution in [0.2, 0.25) is 0 Å². The number of nitrogens with one attached hydrogen (secondary N) is 1. The van der Waals surface area contributed by atoms with E-state index in [1.54, 1.807) is 24.4 Å². The van der Waals surface area contributed by atoms with Crippen LogP contribution in [0.5, 0.6) is 0 Å². The standard InChI is InChI=1S/C28H33N5O2/c1-3-13-30-26(35)12-9-22-16-24-28(31-18-22)27(25(34)19-32-14-5-4-6-15-32)20(2)33(24)23-10-7-21(17-29)8-11-23/h7-12,16,18,25,34H,3-6,13-15,19H2,1-2H3,(H,30,35)/b12-9+. The molecule has 7 heteroatoms. The third-order valence-corrected chi connectivity index (χ3v) is 6.55. The molecule has 1 aromatic carbocycles. The van der Waals surface area contributed by atoms with Gasteiger partial charge < -0.3 is 19.9 Å². The molecule has 1 saturated heterocycles. The fraction of sp³-hybridized carbons (Fsp3) is 0.393. The molecule has 3 heterocycles. The Hall–Kier alpha value is -3.47. The first-order valence-electron chi connectivity index (χ1n) is 12.4. The van der Waals surface area contributed by atoms with Crippen molar-refractivity contribution in [1.29, 1.82) is 5.26 Å². The van der Waals surface area contributed by atoms with E-state index in [-0.39, 0.29) is 5.91 Å². The largest absolute Gasteiger partial charge is 0.387 e. The summed E-state index contributed by atoms with van der Waals surface area (Å²) in [7, 11) is 0. The van der Waals surface area contributed by atoms with Crippen molar-refractivity contribution in [2.24, 2.45) is 0 Å². The van der Waals surface area contributed by atoms with Gasteiger partial charge in [0.1, 0.15) is 0 Å². The van der Waals surface area contributed by atoms with E-state index in [4.69, 9.17) is 4.98 Å². The van der Waals surface area contributed by atoms with E-state index in [1.807, 2.05) is 32.0 Å². The average Bonchev–Trinajstić information content (AvgIpc) is 3.17. The Labute approximate surface area is 206 Å². The molecule has 1 atom stereocenters. The minimum atomic E-state index is -0.663. The van der Waals surface area contributed by atoms with Crippen molar-refractivity contribution >= 4 is 23.0 Å². The number of hydrogen-bond donors (Lipinski definition) is 2. The van der Waals surface area contributed by atoms with Gasteiger partial charge in [-0.1, -0.05) is 13.3 Å². The molecule has 0 bridgehead atoms. The smallest absolute Gasteiger partial charge is 0.243 e. The summed E-state index contributed by atoms with van der Waals surface area (Å²) in [5.74, 6) is -0.136. The topological polar surface area (TPSA) is 94.2 Å². The Kier molecular flexibility index (Phi) is 7.96. The molecule has 4 rings (SSSR count). The highest BCUT2D eigenvalue weighted by atomic mass is 16.3. The molecular weight excluding hydrogens is 438 g/mol. The maximum absolute atomic E-state index is 12.0. The molecule has 7 nitrogen and oxygen atoms in total. The fourth-order valence-electron chi connectivity index (χ4n) is 4.78. The number of aromatic nitrogens is 2. The van der Waals surface area contributed by atoms with Crippen LogP contribution in [-0.2, 0) is 4.79 Å². The van der Waals surface area contributed by atoms with Gasteiger partial charge in [-0.25, -0.2) is 0 Å². The van der Waals surface area contributed by atoms with Crippen LogP contribution < -0.4 is 5.32 Å². The van der Waals surface area contributed by atoms with Gasteiger partial charge in [0.15, 0.2) is 0 Å². The number of piperidine rings is 1. The average molecular weight is 472 g/mol. The molecule has 1 unspecified atom stereocenters. The minimum Gasteiger partial charge on any atom is -0.387 e. The Morgan fingerprint density at radius 3 is 2.69 bits per heavy atom. The lowest BCUT2D eigenvalue weighted by Crippen LogP contribution is -2.33. The Bertz CT molecular complexity index is 1250. The maximum Gasteiger partial charge on any atom is 0.243 e. The van der Waals surface area contributed by atoms with Crippen molar-refractivity contribution < 1.29 is 9.90 Å². The number of rotatable bonds is 8. The number of aliphatic hydroxyl groups excluding tert-OH is 1. The number of carbonyl (C=O) groups excluding carboxylic acids is 1. The first-order valence-corrected chi connectivity index (χ1v) is 12.4. The third kappa shape index (κ3) is 5.61. The summed E-state index contributed by atoms with van der Waals surface area (Å²) in [4.78, 5) is 19.1. The quantitative estimate of drug-likeness (QED) is 0.479. The maximum atomic E-state index is 12.0. The molecule has 0 saturated carbocycles. The highest BCUT2D eigenvalue weighted by Crippen LogP contribution is 2.33. The van der Waals surface area contributed by atoms with Crippen LogP contribution in [0.1, 0.15) is 61.1 Å². The van der Waals surface area contributed by atoms with Crippen LogP contribution in [0.25, 0.3) is 22.8 Å². The highest BCUT2D eigenvalue weighted by Gasteiger charge is 2.25. The van der Waals surface area contributed by atoms with Gasteiger partial charge in [-0.15, -0.1) is 0 Å². The van der Waals surface area contributed by atoms with Crippen LogP contribution in [0.15, 0.2) is 42.6 Å². The lowest BCUT2D eigenvalue weighted by Gasteiger charge is -2.28. The first kappa shape index (κ1) is 24.6. The van der Waals surface area contributed by atoms with E-state index in [0.29, 0.717) is 18.7 Å². The highest BCUT2D eigenvalue weighted by molar-refractivity contribution is 5.92. The van der Waals surface area contributed by atoms with E-state index in [2.05, 4.69) is 20.9 Å². The molecule has 3 aromatic rings. The number of amides is 1. The first-order chi connectivity index (χ1) is 17.0. The summed E-state index contributed by atoms with van der Waals surface area (Å²) in [5, 5.41) is 23.4. The molecular formula is C28H33N5O2. The number of pyridine rings is 1. The van der Waals surface area contributed by atoms with Gasteiger partial charge in [-0.05, 0) is 81.2 Å². The van der Waals surface area contributed by atoms with Gasteiger partial charge in [-0.3, -0.25) is 9.78 Å². The minimum absolute atomic E-state index is 0.136. The van der Waals surface area contributed by atoms with E-state index in [9.17, 15) is 15.2 Å². The van der Waals surface area contributed by atoms with E-state index in [1.165, 1.54) is 25.3 Å². The second-order valence-electron chi connectivity index (χ2n) is 9.13. The molecule has 0 radical (unpaired) electrons. The molecule has 1 aliphatic rings.